The SMILES string of the molecule is COCCN(C)C(=O)c1ccc2nc(Cc3ccc(OC)c(OC)c3)oc2c1. The molecule has 0 aliphatic heterocycles. The highest BCUT2D eigenvalue weighted by molar-refractivity contribution is 5.96. The number of nitrogens with zero attached hydrogens (tertiary/aromatic N) is 2. The quantitative estimate of drug-likeness (QED) is 0.594. The van der Waals surface area contributed by atoms with Gasteiger partial charge in [-0.25, -0.2) is 4.98 Å². The van der Waals surface area contributed by atoms with Gasteiger partial charge in [0.15, 0.2) is 23.0 Å². The molecule has 0 bridgehead atoms. The Morgan fingerprint density at radius 1 is 1.07 bits per heavy atom. The zero-order valence-corrected chi connectivity index (χ0v) is 16.5. The van der Waals surface area contributed by atoms with Crippen LogP contribution in [0.1, 0.15) is 21.8 Å². The Balaban J connectivity index is 1.80. The first-order valence-corrected chi connectivity index (χ1v) is 8.90. The molecule has 1 amide bonds. The van der Waals surface area contributed by atoms with Crippen LogP contribution in [0.2, 0.25) is 0 Å². The first-order chi connectivity index (χ1) is 13.5. The van der Waals surface area contributed by atoms with Crippen LogP contribution < -0.4 is 9.47 Å². The van der Waals surface area contributed by atoms with Gasteiger partial charge in [-0.2, -0.15) is 0 Å². The van der Waals surface area contributed by atoms with Crippen molar-refractivity contribution < 1.29 is 23.4 Å². The maximum atomic E-state index is 12.5. The molecule has 0 atom stereocenters. The standard InChI is InChI=1S/C21H24N2O5/c1-23(9-10-25-2)21(24)15-6-7-16-18(13-15)28-20(22-16)12-14-5-8-17(26-3)19(11-14)27-4/h5-8,11,13H,9-10,12H2,1-4H3. The molecule has 28 heavy (non-hydrogen) atoms. The van der Waals surface area contributed by atoms with Crippen molar-refractivity contribution in [2.45, 2.75) is 6.42 Å². The number of hydrogen-bond donors (Lipinski definition) is 0. The summed E-state index contributed by atoms with van der Waals surface area (Å²) in [6, 6.07) is 11.0. The van der Waals surface area contributed by atoms with E-state index in [1.807, 2.05) is 18.2 Å². The number of oxazole rings is 1. The smallest absolute Gasteiger partial charge is 0.253 e. The number of ether oxygens (including phenoxy) is 3. The summed E-state index contributed by atoms with van der Waals surface area (Å²) in [6.45, 7) is 1.01. The topological polar surface area (TPSA) is 74.0 Å². The molecule has 7 nitrogen and oxygen atoms in total. The molecule has 0 fully saturated rings. The molecule has 1 aromatic heterocycles. The molecule has 1 heterocycles. The van der Waals surface area contributed by atoms with Crippen molar-refractivity contribution in [2.24, 2.45) is 0 Å². The van der Waals surface area contributed by atoms with Crippen molar-refractivity contribution in [1.82, 2.24) is 9.88 Å². The van der Waals surface area contributed by atoms with Crippen LogP contribution in [0.3, 0.4) is 0 Å². The second kappa shape index (κ2) is 8.75. The Kier molecular flexibility index (Phi) is 6.16. The van der Waals surface area contributed by atoms with E-state index in [-0.39, 0.29) is 5.91 Å². The molecule has 7 heteroatoms. The summed E-state index contributed by atoms with van der Waals surface area (Å²) in [4.78, 5) is 18.6. The normalized spacial score (nSPS) is 10.9. The van der Waals surface area contributed by atoms with Gasteiger partial charge in [-0.15, -0.1) is 0 Å². The minimum absolute atomic E-state index is 0.0863. The van der Waals surface area contributed by atoms with Gasteiger partial charge in [0, 0.05) is 32.7 Å². The van der Waals surface area contributed by atoms with Crippen LogP contribution >= 0.6 is 0 Å². The molecule has 0 N–H and O–H groups in total. The summed E-state index contributed by atoms with van der Waals surface area (Å²) in [5.74, 6) is 1.81. The molecule has 0 aliphatic rings. The van der Waals surface area contributed by atoms with Crippen LogP contribution in [-0.4, -0.2) is 57.3 Å². The number of carbonyl (C=O) groups excluding carboxylic acids is 1. The van der Waals surface area contributed by atoms with Crippen LogP contribution in [0, 0.1) is 0 Å². The summed E-state index contributed by atoms with van der Waals surface area (Å²) < 4.78 is 21.5. The maximum Gasteiger partial charge on any atom is 0.253 e. The van der Waals surface area contributed by atoms with Crippen LogP contribution in [0.4, 0.5) is 0 Å². The summed E-state index contributed by atoms with van der Waals surface area (Å²) in [7, 11) is 6.56. The van der Waals surface area contributed by atoms with Crippen molar-refractivity contribution in [2.75, 3.05) is 41.5 Å². The Morgan fingerprint density at radius 2 is 1.86 bits per heavy atom. The molecule has 0 spiro atoms. The lowest BCUT2D eigenvalue weighted by molar-refractivity contribution is 0.0744. The number of carbonyl (C=O) groups is 1. The summed E-state index contributed by atoms with van der Waals surface area (Å²) in [6.07, 6.45) is 0.506. The molecular weight excluding hydrogens is 360 g/mol. The number of rotatable bonds is 8. The van der Waals surface area contributed by atoms with Crippen molar-refractivity contribution >= 4 is 17.0 Å². The third-order valence-corrected chi connectivity index (χ3v) is 4.46. The fourth-order valence-electron chi connectivity index (χ4n) is 2.90. The average Bonchev–Trinajstić information content (AvgIpc) is 3.12. The lowest BCUT2D eigenvalue weighted by Crippen LogP contribution is -2.29. The molecule has 148 valence electrons. The molecule has 0 saturated carbocycles. The van der Waals surface area contributed by atoms with E-state index in [9.17, 15) is 4.79 Å². The molecule has 0 aliphatic carbocycles. The van der Waals surface area contributed by atoms with E-state index in [0.29, 0.717) is 53.6 Å². The molecule has 0 radical (unpaired) electrons. The molecule has 0 unspecified atom stereocenters. The Labute approximate surface area is 163 Å². The second-order valence-electron chi connectivity index (χ2n) is 6.38. The largest absolute Gasteiger partial charge is 0.493 e. The van der Waals surface area contributed by atoms with Crippen LogP contribution in [0.25, 0.3) is 11.1 Å². The minimum Gasteiger partial charge on any atom is -0.493 e. The zero-order chi connectivity index (χ0) is 20.1. The fraction of sp³-hybridized carbons (Fsp3) is 0.333. The van der Waals surface area contributed by atoms with Crippen LogP contribution in [-0.2, 0) is 11.2 Å². The highest BCUT2D eigenvalue weighted by Gasteiger charge is 2.15. The highest BCUT2D eigenvalue weighted by atomic mass is 16.5. The van der Waals surface area contributed by atoms with Gasteiger partial charge < -0.3 is 23.5 Å². The third kappa shape index (κ3) is 4.26. The molecule has 2 aromatic carbocycles. The van der Waals surface area contributed by atoms with Gasteiger partial charge in [-0.3, -0.25) is 4.79 Å². The summed E-state index contributed by atoms with van der Waals surface area (Å²) >= 11 is 0. The van der Waals surface area contributed by atoms with E-state index in [0.717, 1.165) is 5.56 Å². The molecule has 0 saturated heterocycles. The van der Waals surface area contributed by atoms with E-state index in [1.54, 1.807) is 51.5 Å². The molecular formula is C21H24N2O5. The first-order valence-electron chi connectivity index (χ1n) is 8.90. The summed E-state index contributed by atoms with van der Waals surface area (Å²) in [5.41, 5.74) is 2.84. The van der Waals surface area contributed by atoms with E-state index in [2.05, 4.69) is 4.98 Å². The predicted octanol–water partition coefficient (Wildman–Crippen LogP) is 3.15. The van der Waals surface area contributed by atoms with Crippen LogP contribution in [0.5, 0.6) is 11.5 Å². The van der Waals surface area contributed by atoms with E-state index in [4.69, 9.17) is 18.6 Å². The van der Waals surface area contributed by atoms with E-state index in [1.165, 1.54) is 0 Å². The lowest BCUT2D eigenvalue weighted by Gasteiger charge is -2.16. The maximum absolute atomic E-state index is 12.5. The van der Waals surface area contributed by atoms with Crippen molar-refractivity contribution in [1.29, 1.82) is 0 Å². The number of benzene rings is 2. The second-order valence-corrected chi connectivity index (χ2v) is 6.38. The monoisotopic (exact) mass is 384 g/mol. The number of aromatic nitrogens is 1. The number of methoxy groups -OCH3 is 3. The Bertz CT molecular complexity index is 967. The number of fused-ring (bicyclic) bond motifs is 1. The van der Waals surface area contributed by atoms with E-state index >= 15 is 0 Å². The third-order valence-electron chi connectivity index (χ3n) is 4.46. The first kappa shape index (κ1) is 19.7. The highest BCUT2D eigenvalue weighted by Crippen LogP contribution is 2.29. The Morgan fingerprint density at radius 3 is 2.57 bits per heavy atom. The van der Waals surface area contributed by atoms with Gasteiger partial charge in [0.05, 0.1) is 20.8 Å². The van der Waals surface area contributed by atoms with Gasteiger partial charge in [0.25, 0.3) is 5.91 Å². The number of likely N-dealkylation sites (N-methyl/N-ethyl adjacent to an activating group) is 1. The Hall–Kier alpha value is -3.06. The van der Waals surface area contributed by atoms with Crippen molar-refractivity contribution in [3.05, 3.63) is 53.4 Å². The summed E-state index contributed by atoms with van der Waals surface area (Å²) in [5, 5.41) is 0. The van der Waals surface area contributed by atoms with Gasteiger partial charge >= 0.3 is 0 Å². The lowest BCUT2D eigenvalue weighted by atomic mass is 10.1. The van der Waals surface area contributed by atoms with Crippen molar-refractivity contribution in [3.8, 4) is 11.5 Å². The van der Waals surface area contributed by atoms with Crippen molar-refractivity contribution in [3.63, 3.8) is 0 Å². The van der Waals surface area contributed by atoms with E-state index < -0.39 is 0 Å². The molecule has 3 aromatic rings. The number of amides is 1. The van der Waals surface area contributed by atoms with Gasteiger partial charge in [-0.1, -0.05) is 6.07 Å². The zero-order valence-electron chi connectivity index (χ0n) is 16.5. The minimum atomic E-state index is -0.0863. The van der Waals surface area contributed by atoms with Gasteiger partial charge in [-0.05, 0) is 35.9 Å². The fourth-order valence-corrected chi connectivity index (χ4v) is 2.90. The van der Waals surface area contributed by atoms with Gasteiger partial charge in [0.2, 0.25) is 0 Å². The molecule has 3 rings (SSSR count). The number of hydrogen-bond acceptors (Lipinski definition) is 6. The average molecular weight is 384 g/mol. The predicted molar refractivity (Wildman–Crippen MR) is 105 cm³/mol. The van der Waals surface area contributed by atoms with Gasteiger partial charge in [0.1, 0.15) is 5.52 Å². The van der Waals surface area contributed by atoms with Crippen LogP contribution in [0.15, 0.2) is 40.8 Å².